The van der Waals surface area contributed by atoms with Crippen molar-refractivity contribution in [2.75, 3.05) is 13.2 Å². The number of hydrogen-bond donors (Lipinski definition) is 1. The summed E-state index contributed by atoms with van der Waals surface area (Å²) in [6.07, 6.45) is 0.796. The van der Waals surface area contributed by atoms with Crippen LogP contribution >= 0.6 is 0 Å². The molecule has 0 aliphatic carbocycles. The molecule has 106 valence electrons. The second kappa shape index (κ2) is 5.37. The van der Waals surface area contributed by atoms with E-state index in [4.69, 9.17) is 9.88 Å². The van der Waals surface area contributed by atoms with Gasteiger partial charge in [-0.3, -0.25) is 0 Å². The molecule has 0 spiro atoms. The molecule has 0 amide bonds. The first-order chi connectivity index (χ1) is 9.62. The zero-order valence-electron chi connectivity index (χ0n) is 11.5. The standard InChI is InChI=1S/C16H19NO2S/c1-12(20(17)18)9-16(10-19-11-16)15-8-4-6-13-5-2-3-7-14(13)15/h2-8,12H,9-11,17H2,1H3. The van der Waals surface area contributed by atoms with Crippen LogP contribution in [-0.4, -0.2) is 23.0 Å². The molecule has 2 aromatic carbocycles. The fourth-order valence-electron chi connectivity index (χ4n) is 3.05. The summed E-state index contributed by atoms with van der Waals surface area (Å²) in [6, 6.07) is 14.7. The van der Waals surface area contributed by atoms with E-state index in [0.717, 1.165) is 6.42 Å². The highest BCUT2D eigenvalue weighted by atomic mass is 32.2. The molecular weight excluding hydrogens is 270 g/mol. The maximum absolute atomic E-state index is 11.5. The summed E-state index contributed by atoms with van der Waals surface area (Å²) in [5.41, 5.74) is 1.24. The van der Waals surface area contributed by atoms with Gasteiger partial charge in [0.25, 0.3) is 0 Å². The summed E-state index contributed by atoms with van der Waals surface area (Å²) in [7, 11) is 0. The first kappa shape index (κ1) is 13.9. The molecule has 2 atom stereocenters. The average Bonchev–Trinajstić information content (AvgIpc) is 2.42. The van der Waals surface area contributed by atoms with Crippen LogP contribution < -0.4 is 5.14 Å². The fraction of sp³-hybridized carbons (Fsp3) is 0.375. The van der Waals surface area contributed by atoms with Gasteiger partial charge in [-0.15, -0.1) is 0 Å². The van der Waals surface area contributed by atoms with E-state index in [1.165, 1.54) is 16.3 Å². The highest BCUT2D eigenvalue weighted by Gasteiger charge is 2.44. The van der Waals surface area contributed by atoms with Crippen LogP contribution in [0, 0.1) is 0 Å². The lowest BCUT2D eigenvalue weighted by Crippen LogP contribution is -2.50. The number of ether oxygens (including phenoxy) is 1. The predicted molar refractivity (Wildman–Crippen MR) is 82.9 cm³/mol. The molecule has 2 unspecified atom stereocenters. The number of fused-ring (bicyclic) bond motifs is 1. The van der Waals surface area contributed by atoms with Crippen molar-refractivity contribution in [2.45, 2.75) is 24.0 Å². The van der Waals surface area contributed by atoms with Crippen LogP contribution in [0.5, 0.6) is 0 Å². The van der Waals surface area contributed by atoms with Gasteiger partial charge in [0.05, 0.1) is 13.2 Å². The van der Waals surface area contributed by atoms with Gasteiger partial charge in [0.2, 0.25) is 0 Å². The molecular formula is C16H19NO2S. The molecule has 1 aliphatic heterocycles. The molecule has 0 radical (unpaired) electrons. The molecule has 2 N–H and O–H groups in total. The lowest BCUT2D eigenvalue weighted by atomic mass is 9.73. The van der Waals surface area contributed by atoms with Crippen LogP contribution in [0.3, 0.4) is 0 Å². The lowest BCUT2D eigenvalue weighted by Gasteiger charge is -2.43. The van der Waals surface area contributed by atoms with Gasteiger partial charge in [-0.1, -0.05) is 42.5 Å². The van der Waals surface area contributed by atoms with E-state index in [1.54, 1.807) is 0 Å². The normalized spacial score (nSPS) is 20.4. The van der Waals surface area contributed by atoms with E-state index in [9.17, 15) is 4.55 Å². The van der Waals surface area contributed by atoms with Gasteiger partial charge in [-0.05, 0) is 23.3 Å². The number of nitrogens with two attached hydrogens (primary N) is 1. The number of rotatable bonds is 4. The third kappa shape index (κ3) is 2.33. The number of hydrogen-bond acceptors (Lipinski definition) is 3. The zero-order chi connectivity index (χ0) is 14.2. The van der Waals surface area contributed by atoms with Crippen molar-refractivity contribution in [3.8, 4) is 0 Å². The molecule has 0 aromatic heterocycles. The van der Waals surface area contributed by atoms with Crippen LogP contribution in [0.1, 0.15) is 18.9 Å². The van der Waals surface area contributed by atoms with Crippen LogP contribution in [0.25, 0.3) is 10.8 Å². The highest BCUT2D eigenvalue weighted by molar-refractivity contribution is 7.89. The van der Waals surface area contributed by atoms with Crippen LogP contribution in [0.2, 0.25) is 0 Å². The third-order valence-corrected chi connectivity index (χ3v) is 5.15. The van der Waals surface area contributed by atoms with Crippen molar-refractivity contribution >= 4 is 22.1 Å². The Morgan fingerprint density at radius 1 is 1.25 bits per heavy atom. The summed E-state index contributed by atoms with van der Waals surface area (Å²) in [4.78, 5) is 0. The summed E-state index contributed by atoms with van der Waals surface area (Å²) < 4.78 is 17.0. The largest absolute Gasteiger partial charge is 0.598 e. The van der Waals surface area contributed by atoms with Crippen molar-refractivity contribution in [2.24, 2.45) is 5.14 Å². The van der Waals surface area contributed by atoms with Gasteiger partial charge >= 0.3 is 0 Å². The van der Waals surface area contributed by atoms with Crippen molar-refractivity contribution < 1.29 is 9.29 Å². The number of benzene rings is 2. The molecule has 1 heterocycles. The first-order valence-corrected chi connectivity index (χ1v) is 8.11. The molecule has 2 aromatic rings. The molecule has 3 nitrogen and oxygen atoms in total. The topological polar surface area (TPSA) is 58.3 Å². The summed E-state index contributed by atoms with van der Waals surface area (Å²) in [5, 5.41) is 8.01. The summed E-state index contributed by atoms with van der Waals surface area (Å²) in [5.74, 6) is 0. The Morgan fingerprint density at radius 2 is 1.95 bits per heavy atom. The Morgan fingerprint density at radius 3 is 2.60 bits per heavy atom. The molecule has 1 fully saturated rings. The average molecular weight is 289 g/mol. The Bertz CT molecular complexity index is 605. The van der Waals surface area contributed by atoms with E-state index < -0.39 is 11.4 Å². The molecule has 0 bridgehead atoms. The third-order valence-electron chi connectivity index (χ3n) is 4.19. The van der Waals surface area contributed by atoms with E-state index in [2.05, 4.69) is 36.4 Å². The van der Waals surface area contributed by atoms with Gasteiger partial charge in [0, 0.05) is 23.2 Å². The summed E-state index contributed by atoms with van der Waals surface area (Å²) >= 11 is -1.29. The van der Waals surface area contributed by atoms with Crippen molar-refractivity contribution in [1.29, 1.82) is 0 Å². The minimum atomic E-state index is -1.29. The van der Waals surface area contributed by atoms with E-state index in [1.807, 2.05) is 13.0 Å². The van der Waals surface area contributed by atoms with Crippen LogP contribution in [0.15, 0.2) is 42.5 Å². The Balaban J connectivity index is 2.03. The Kier molecular flexibility index (Phi) is 3.73. The SMILES string of the molecule is CC(CC1(c2cccc3ccccc23)COC1)[S+](N)[O-]. The molecule has 3 rings (SSSR count). The van der Waals surface area contributed by atoms with Gasteiger partial charge in [-0.25, -0.2) is 0 Å². The van der Waals surface area contributed by atoms with Gasteiger partial charge < -0.3 is 9.29 Å². The van der Waals surface area contributed by atoms with E-state index >= 15 is 0 Å². The van der Waals surface area contributed by atoms with E-state index in [0.29, 0.717) is 13.2 Å². The van der Waals surface area contributed by atoms with Crippen molar-refractivity contribution in [3.05, 3.63) is 48.0 Å². The van der Waals surface area contributed by atoms with Crippen molar-refractivity contribution in [3.63, 3.8) is 0 Å². The zero-order valence-corrected chi connectivity index (χ0v) is 12.4. The van der Waals surface area contributed by atoms with Crippen LogP contribution in [0.4, 0.5) is 0 Å². The first-order valence-electron chi connectivity index (χ1n) is 6.83. The monoisotopic (exact) mass is 289 g/mol. The van der Waals surface area contributed by atoms with Gasteiger partial charge in [0.1, 0.15) is 5.25 Å². The fourth-order valence-corrected chi connectivity index (χ4v) is 3.54. The Labute approximate surface area is 122 Å². The molecule has 20 heavy (non-hydrogen) atoms. The quantitative estimate of drug-likeness (QED) is 0.880. The minimum Gasteiger partial charge on any atom is -0.598 e. The van der Waals surface area contributed by atoms with Crippen molar-refractivity contribution in [1.82, 2.24) is 0 Å². The molecule has 4 heteroatoms. The lowest BCUT2D eigenvalue weighted by molar-refractivity contribution is -0.0634. The second-order valence-corrected chi connectivity index (χ2v) is 7.10. The van der Waals surface area contributed by atoms with Gasteiger partial charge in [0.15, 0.2) is 0 Å². The molecule has 1 aliphatic rings. The second-order valence-electron chi connectivity index (χ2n) is 5.64. The van der Waals surface area contributed by atoms with Gasteiger partial charge in [-0.2, -0.15) is 5.14 Å². The Hall–Kier alpha value is -1.07. The van der Waals surface area contributed by atoms with E-state index in [-0.39, 0.29) is 10.7 Å². The minimum absolute atomic E-state index is 0.0298. The van der Waals surface area contributed by atoms with Crippen LogP contribution in [-0.2, 0) is 21.5 Å². The smallest absolute Gasteiger partial charge is 0.133 e. The molecule has 1 saturated heterocycles. The molecule has 0 saturated carbocycles. The summed E-state index contributed by atoms with van der Waals surface area (Å²) in [6.45, 7) is 3.31. The maximum Gasteiger partial charge on any atom is 0.133 e. The predicted octanol–water partition coefficient (Wildman–Crippen LogP) is 2.51. The maximum atomic E-state index is 11.5. The highest BCUT2D eigenvalue weighted by Crippen LogP contribution is 2.41.